The molecule has 0 atom stereocenters. The molecule has 2 heterocycles. The number of esters is 1. The van der Waals surface area contributed by atoms with Crippen LogP contribution in [-0.4, -0.2) is 24.9 Å². The number of carbonyl (C=O) groups is 1. The fraction of sp³-hybridized carbons (Fsp3) is 0.143. The van der Waals surface area contributed by atoms with E-state index >= 15 is 0 Å². The maximum absolute atomic E-state index is 11.7. The number of aromatic nitrogens is 1. The van der Waals surface area contributed by atoms with Crippen molar-refractivity contribution in [3.8, 4) is 22.8 Å². The van der Waals surface area contributed by atoms with Crippen LogP contribution in [0.3, 0.4) is 0 Å². The molecule has 1 aromatic heterocycles. The van der Waals surface area contributed by atoms with Crippen molar-refractivity contribution < 1.29 is 19.0 Å². The number of methoxy groups -OCH3 is 1. The van der Waals surface area contributed by atoms with Gasteiger partial charge >= 0.3 is 5.97 Å². The molecule has 1 aliphatic heterocycles. The van der Waals surface area contributed by atoms with E-state index < -0.39 is 5.97 Å². The van der Waals surface area contributed by atoms with Crippen molar-refractivity contribution in [2.75, 3.05) is 19.6 Å². The number of ether oxygens (including phenoxy) is 3. The summed E-state index contributed by atoms with van der Waals surface area (Å²) < 4.78 is 15.4. The number of fused-ring (bicyclic) bond motifs is 1. The van der Waals surface area contributed by atoms with Crippen LogP contribution in [0.4, 0.5) is 5.69 Å². The van der Waals surface area contributed by atoms with Gasteiger partial charge in [-0.3, -0.25) is 0 Å². The molecule has 6 nitrogen and oxygen atoms in total. The highest BCUT2D eigenvalue weighted by atomic mass is 35.5. The number of halogens is 1. The Balaban J connectivity index is 2.18. The quantitative estimate of drug-likeness (QED) is 0.858. The van der Waals surface area contributed by atoms with Crippen LogP contribution in [0.2, 0.25) is 5.02 Å². The summed E-state index contributed by atoms with van der Waals surface area (Å²) in [5.41, 5.74) is 7.17. The summed E-state index contributed by atoms with van der Waals surface area (Å²) in [6.45, 7) is 0.138. The molecule has 0 fully saturated rings. The van der Waals surface area contributed by atoms with Gasteiger partial charge in [-0.2, -0.15) is 0 Å². The summed E-state index contributed by atoms with van der Waals surface area (Å²) in [5.74, 6) is 0.517. The van der Waals surface area contributed by atoms with Gasteiger partial charge in [-0.05, 0) is 18.2 Å². The summed E-state index contributed by atoms with van der Waals surface area (Å²) in [6, 6.07) is 6.95. The van der Waals surface area contributed by atoms with E-state index in [9.17, 15) is 4.79 Å². The molecule has 2 N–H and O–H groups in total. The van der Waals surface area contributed by atoms with E-state index in [4.69, 9.17) is 26.8 Å². The van der Waals surface area contributed by atoms with Crippen LogP contribution in [0, 0.1) is 0 Å². The molecule has 0 saturated carbocycles. The zero-order valence-electron chi connectivity index (χ0n) is 11.1. The first kappa shape index (κ1) is 13.5. The number of nitrogen functional groups attached to an aromatic ring is 1. The average Bonchev–Trinajstić information content (AvgIpc) is 2.97. The van der Waals surface area contributed by atoms with E-state index in [1.807, 2.05) is 0 Å². The number of anilines is 1. The summed E-state index contributed by atoms with van der Waals surface area (Å²) >= 11 is 6.00. The van der Waals surface area contributed by atoms with Crippen molar-refractivity contribution in [2.45, 2.75) is 0 Å². The molecule has 7 heteroatoms. The normalized spacial score (nSPS) is 12.3. The topological polar surface area (TPSA) is 83.7 Å². The van der Waals surface area contributed by atoms with Crippen LogP contribution in [0.25, 0.3) is 11.3 Å². The Morgan fingerprint density at radius 2 is 2.24 bits per heavy atom. The average molecular weight is 307 g/mol. The maximum Gasteiger partial charge on any atom is 0.358 e. The molecule has 0 bridgehead atoms. The van der Waals surface area contributed by atoms with E-state index in [2.05, 4.69) is 9.72 Å². The van der Waals surface area contributed by atoms with Crippen LogP contribution in [0.15, 0.2) is 24.3 Å². The highest BCUT2D eigenvalue weighted by Gasteiger charge is 2.22. The zero-order valence-corrected chi connectivity index (χ0v) is 11.8. The third kappa shape index (κ3) is 2.23. The minimum atomic E-state index is -0.654. The molecule has 0 radical (unpaired) electrons. The van der Waals surface area contributed by atoms with Crippen molar-refractivity contribution in [1.29, 1.82) is 0 Å². The number of benzene rings is 1. The maximum atomic E-state index is 11.7. The lowest BCUT2D eigenvalue weighted by Gasteiger charge is -2.10. The lowest BCUT2D eigenvalue weighted by Crippen LogP contribution is -2.08. The van der Waals surface area contributed by atoms with Gasteiger partial charge in [0.1, 0.15) is 0 Å². The van der Waals surface area contributed by atoms with Crippen molar-refractivity contribution in [2.24, 2.45) is 0 Å². The molecule has 0 saturated heterocycles. The highest BCUT2D eigenvalue weighted by molar-refractivity contribution is 6.35. The zero-order chi connectivity index (χ0) is 15.0. The minimum Gasteiger partial charge on any atom is -0.464 e. The standard InChI is InChI=1S/C14H11ClN2O4/c1-19-14(18)12-11(15)8(16)5-9(17-12)7-3-2-4-10-13(7)21-6-20-10/h2-5H,6H2,1H3,(H2,16,17). The van der Waals surface area contributed by atoms with Crippen molar-refractivity contribution >= 4 is 23.3 Å². The summed E-state index contributed by atoms with van der Waals surface area (Å²) in [7, 11) is 1.25. The molecule has 21 heavy (non-hydrogen) atoms. The van der Waals surface area contributed by atoms with Crippen LogP contribution in [0.1, 0.15) is 10.5 Å². The Hall–Kier alpha value is -2.47. The summed E-state index contributed by atoms with van der Waals surface area (Å²) in [4.78, 5) is 16.0. The lowest BCUT2D eigenvalue weighted by atomic mass is 10.1. The molecule has 0 unspecified atom stereocenters. The molecule has 2 aromatic rings. The fourth-order valence-electron chi connectivity index (χ4n) is 2.05. The van der Waals surface area contributed by atoms with Crippen LogP contribution in [-0.2, 0) is 4.74 Å². The number of nitrogens with zero attached hydrogens (tertiary/aromatic N) is 1. The number of rotatable bonds is 2. The molecule has 3 rings (SSSR count). The van der Waals surface area contributed by atoms with Gasteiger partial charge in [0.05, 0.1) is 23.5 Å². The van der Waals surface area contributed by atoms with E-state index in [0.29, 0.717) is 22.8 Å². The van der Waals surface area contributed by atoms with E-state index in [0.717, 1.165) is 0 Å². The van der Waals surface area contributed by atoms with E-state index in [1.165, 1.54) is 7.11 Å². The molecule has 1 aliphatic rings. The van der Waals surface area contributed by atoms with Gasteiger partial charge in [0, 0.05) is 5.56 Å². The predicted molar refractivity (Wildman–Crippen MR) is 76.6 cm³/mol. The van der Waals surface area contributed by atoms with Crippen LogP contribution < -0.4 is 15.2 Å². The molecule has 0 amide bonds. The number of hydrogen-bond acceptors (Lipinski definition) is 6. The molecule has 1 aromatic carbocycles. The van der Waals surface area contributed by atoms with Gasteiger partial charge in [-0.25, -0.2) is 9.78 Å². The second-order valence-electron chi connectivity index (χ2n) is 4.29. The van der Waals surface area contributed by atoms with Gasteiger partial charge in [0.25, 0.3) is 0 Å². The second kappa shape index (κ2) is 5.14. The van der Waals surface area contributed by atoms with Gasteiger partial charge in [0.2, 0.25) is 6.79 Å². The predicted octanol–water partition coefficient (Wildman–Crippen LogP) is 2.50. The Morgan fingerprint density at radius 3 is 3.00 bits per heavy atom. The molecule has 0 aliphatic carbocycles. The molecule has 0 spiro atoms. The first-order valence-electron chi connectivity index (χ1n) is 6.05. The van der Waals surface area contributed by atoms with Crippen molar-refractivity contribution in [3.05, 3.63) is 35.0 Å². The van der Waals surface area contributed by atoms with Crippen molar-refractivity contribution in [1.82, 2.24) is 4.98 Å². The van der Waals surface area contributed by atoms with E-state index in [-0.39, 0.29) is 23.2 Å². The van der Waals surface area contributed by atoms with Crippen LogP contribution >= 0.6 is 11.6 Å². The highest BCUT2D eigenvalue weighted by Crippen LogP contribution is 2.41. The smallest absolute Gasteiger partial charge is 0.358 e. The Bertz CT molecular complexity index is 733. The molecular formula is C14H11ClN2O4. The van der Waals surface area contributed by atoms with Gasteiger partial charge < -0.3 is 19.9 Å². The number of hydrogen-bond donors (Lipinski definition) is 1. The Kier molecular flexibility index (Phi) is 3.31. The monoisotopic (exact) mass is 306 g/mol. The SMILES string of the molecule is COC(=O)c1nc(-c2cccc3c2OCO3)cc(N)c1Cl. The largest absolute Gasteiger partial charge is 0.464 e. The Morgan fingerprint density at radius 1 is 1.43 bits per heavy atom. The first-order valence-corrected chi connectivity index (χ1v) is 6.43. The number of carbonyl (C=O) groups excluding carboxylic acids is 1. The number of pyridine rings is 1. The fourth-order valence-corrected chi connectivity index (χ4v) is 2.22. The summed E-state index contributed by atoms with van der Waals surface area (Å²) in [5, 5.41) is 0.0651. The van der Waals surface area contributed by atoms with Crippen molar-refractivity contribution in [3.63, 3.8) is 0 Å². The second-order valence-corrected chi connectivity index (χ2v) is 4.67. The first-order chi connectivity index (χ1) is 10.1. The summed E-state index contributed by atoms with van der Waals surface area (Å²) in [6.07, 6.45) is 0. The number of para-hydroxylation sites is 1. The number of nitrogens with two attached hydrogens (primary N) is 1. The lowest BCUT2D eigenvalue weighted by molar-refractivity contribution is 0.0594. The Labute approximate surface area is 125 Å². The molecular weight excluding hydrogens is 296 g/mol. The third-order valence-corrected chi connectivity index (χ3v) is 3.43. The van der Waals surface area contributed by atoms with Gasteiger partial charge in [-0.1, -0.05) is 17.7 Å². The molecule has 108 valence electrons. The van der Waals surface area contributed by atoms with Crippen LogP contribution in [0.5, 0.6) is 11.5 Å². The minimum absolute atomic E-state index is 0.0364. The van der Waals surface area contributed by atoms with Gasteiger partial charge in [0.15, 0.2) is 17.2 Å². The third-order valence-electron chi connectivity index (χ3n) is 3.04. The van der Waals surface area contributed by atoms with E-state index in [1.54, 1.807) is 24.3 Å². The van der Waals surface area contributed by atoms with Gasteiger partial charge in [-0.15, -0.1) is 0 Å².